The highest BCUT2D eigenvalue weighted by Gasteiger charge is 2.32. The lowest BCUT2D eigenvalue weighted by molar-refractivity contribution is -0.384. The third-order valence-electron chi connectivity index (χ3n) is 3.64. The summed E-state index contributed by atoms with van der Waals surface area (Å²) in [7, 11) is 0. The van der Waals surface area contributed by atoms with Crippen molar-refractivity contribution in [2.24, 2.45) is 0 Å². The van der Waals surface area contributed by atoms with Gasteiger partial charge in [-0.15, -0.1) is 0 Å². The van der Waals surface area contributed by atoms with Gasteiger partial charge < -0.3 is 20.8 Å². The topological polar surface area (TPSA) is 108 Å². The molecule has 4 atom stereocenters. The van der Waals surface area contributed by atoms with Crippen LogP contribution in [0.25, 0.3) is 0 Å². The number of aliphatic hydroxyl groups excluding tert-OH is 2. The van der Waals surface area contributed by atoms with Crippen LogP contribution in [0.4, 0.5) is 5.69 Å². The van der Waals surface area contributed by atoms with Gasteiger partial charge in [0.1, 0.15) is 0 Å². The first-order chi connectivity index (χ1) is 9.49. The molecule has 110 valence electrons. The van der Waals surface area contributed by atoms with Gasteiger partial charge in [0, 0.05) is 37.3 Å². The number of aliphatic hydroxyl groups is 2. The van der Waals surface area contributed by atoms with Crippen LogP contribution in [0.2, 0.25) is 0 Å². The van der Waals surface area contributed by atoms with Crippen LogP contribution in [0.5, 0.6) is 0 Å². The van der Waals surface area contributed by atoms with Gasteiger partial charge in [-0.25, -0.2) is 0 Å². The van der Waals surface area contributed by atoms with Crippen molar-refractivity contribution >= 4 is 5.69 Å². The van der Waals surface area contributed by atoms with Crippen molar-refractivity contribution in [1.29, 1.82) is 0 Å². The van der Waals surface area contributed by atoms with Crippen LogP contribution < -0.4 is 10.6 Å². The Morgan fingerprint density at radius 3 is 2.60 bits per heavy atom. The molecule has 1 aromatic rings. The molecule has 0 aromatic heterocycles. The Morgan fingerprint density at radius 2 is 2.10 bits per heavy atom. The fraction of sp³-hybridized carbons (Fsp3) is 0.538. The van der Waals surface area contributed by atoms with Crippen molar-refractivity contribution < 1.29 is 15.1 Å². The van der Waals surface area contributed by atoms with E-state index >= 15 is 0 Å². The van der Waals surface area contributed by atoms with Crippen molar-refractivity contribution in [3.63, 3.8) is 0 Å². The van der Waals surface area contributed by atoms with Crippen LogP contribution >= 0.6 is 0 Å². The van der Waals surface area contributed by atoms with Crippen molar-refractivity contribution in [3.05, 3.63) is 39.9 Å². The van der Waals surface area contributed by atoms with Crippen molar-refractivity contribution in [1.82, 2.24) is 10.6 Å². The molecule has 1 aliphatic heterocycles. The molecule has 2 rings (SSSR count). The van der Waals surface area contributed by atoms with Crippen molar-refractivity contribution in [2.75, 3.05) is 13.1 Å². The minimum absolute atomic E-state index is 0.00236. The zero-order valence-corrected chi connectivity index (χ0v) is 11.2. The maximum Gasteiger partial charge on any atom is 0.269 e. The second-order valence-electron chi connectivity index (χ2n) is 5.05. The molecule has 0 radical (unpaired) electrons. The van der Waals surface area contributed by atoms with Crippen LogP contribution in [0, 0.1) is 10.1 Å². The fourth-order valence-electron chi connectivity index (χ4n) is 2.28. The zero-order valence-electron chi connectivity index (χ0n) is 11.2. The lowest BCUT2D eigenvalue weighted by Gasteiger charge is -2.20. The third-order valence-corrected chi connectivity index (χ3v) is 3.64. The number of rotatable bonds is 5. The Labute approximate surface area is 116 Å². The maximum atomic E-state index is 10.6. The van der Waals surface area contributed by atoms with Crippen LogP contribution in [-0.2, 0) is 0 Å². The van der Waals surface area contributed by atoms with Gasteiger partial charge in [0.2, 0.25) is 0 Å². The molecular formula is C13H19N3O4. The van der Waals surface area contributed by atoms with Gasteiger partial charge in [0.15, 0.2) is 0 Å². The van der Waals surface area contributed by atoms with E-state index in [-0.39, 0.29) is 17.8 Å². The average molecular weight is 281 g/mol. The number of hydrogen-bond donors (Lipinski definition) is 4. The van der Waals surface area contributed by atoms with Gasteiger partial charge in [-0.05, 0) is 12.5 Å². The van der Waals surface area contributed by atoms with Gasteiger partial charge in [0.05, 0.1) is 17.1 Å². The number of nitro groups is 1. The normalized spacial score (nSPS) is 27.4. The highest BCUT2D eigenvalue weighted by Crippen LogP contribution is 2.18. The molecule has 0 aliphatic carbocycles. The molecule has 20 heavy (non-hydrogen) atoms. The summed E-state index contributed by atoms with van der Waals surface area (Å²) in [6.07, 6.45) is -1.50. The maximum absolute atomic E-state index is 10.6. The number of β-amino-alcohol motifs (C(OH)–C–C–N with tert-alkyl or cyclic N) is 1. The van der Waals surface area contributed by atoms with Gasteiger partial charge in [-0.2, -0.15) is 0 Å². The fourth-order valence-corrected chi connectivity index (χ4v) is 2.28. The van der Waals surface area contributed by atoms with E-state index in [0.29, 0.717) is 13.1 Å². The molecule has 1 aromatic carbocycles. The molecule has 7 nitrogen and oxygen atoms in total. The van der Waals surface area contributed by atoms with Crippen LogP contribution in [0.1, 0.15) is 18.5 Å². The summed E-state index contributed by atoms with van der Waals surface area (Å²) in [5.41, 5.74) is 1.00. The summed E-state index contributed by atoms with van der Waals surface area (Å²) in [4.78, 5) is 10.2. The molecule has 1 heterocycles. The van der Waals surface area contributed by atoms with Gasteiger partial charge in [-0.1, -0.05) is 12.1 Å². The van der Waals surface area contributed by atoms with E-state index in [4.69, 9.17) is 0 Å². The first kappa shape index (κ1) is 14.9. The lowest BCUT2D eigenvalue weighted by Crippen LogP contribution is -2.42. The predicted molar refractivity (Wildman–Crippen MR) is 73.3 cm³/mol. The van der Waals surface area contributed by atoms with Crippen LogP contribution in [0.3, 0.4) is 0 Å². The number of non-ortho nitro benzene ring substituents is 1. The van der Waals surface area contributed by atoms with Crippen molar-refractivity contribution in [2.45, 2.75) is 31.2 Å². The number of hydrogen-bond acceptors (Lipinski definition) is 6. The smallest absolute Gasteiger partial charge is 0.269 e. The third kappa shape index (κ3) is 3.31. The second kappa shape index (κ2) is 6.27. The molecule has 4 N–H and O–H groups in total. The number of nitrogens with zero attached hydrogens (tertiary/aromatic N) is 1. The highest BCUT2D eigenvalue weighted by molar-refractivity contribution is 5.34. The van der Waals surface area contributed by atoms with Crippen LogP contribution in [0.15, 0.2) is 24.3 Å². The number of nitro benzene ring substituents is 1. The van der Waals surface area contributed by atoms with Gasteiger partial charge >= 0.3 is 0 Å². The Balaban J connectivity index is 1.88. The standard InChI is InChI=1S/C13H19N3O4/c1-8(9-2-4-10(5-3-9)16(19)20)14-6-11-13(18)12(17)7-15-11/h2-5,8,11-15,17-18H,6-7H2,1H3/t8-,11+,12-,13+/m0/s1. The van der Waals surface area contributed by atoms with E-state index in [0.717, 1.165) is 5.56 Å². The Bertz CT molecular complexity index is 465. The number of benzene rings is 1. The Kier molecular flexibility index (Phi) is 4.66. The van der Waals surface area contributed by atoms with Crippen molar-refractivity contribution in [3.8, 4) is 0 Å². The second-order valence-corrected chi connectivity index (χ2v) is 5.05. The summed E-state index contributed by atoms with van der Waals surface area (Å²) in [5.74, 6) is 0. The molecule has 1 fully saturated rings. The predicted octanol–water partition coefficient (Wildman–Crippen LogP) is -0.0610. The van der Waals surface area contributed by atoms with Gasteiger partial charge in [0.25, 0.3) is 5.69 Å². The number of nitrogens with one attached hydrogen (secondary N) is 2. The monoisotopic (exact) mass is 281 g/mol. The largest absolute Gasteiger partial charge is 0.389 e. The van der Waals surface area contributed by atoms with E-state index in [1.807, 2.05) is 6.92 Å². The van der Waals surface area contributed by atoms with E-state index in [1.165, 1.54) is 12.1 Å². The Hall–Kier alpha value is -1.54. The summed E-state index contributed by atoms with van der Waals surface area (Å²) in [5, 5.41) is 36.0. The molecule has 0 spiro atoms. The van der Waals surface area contributed by atoms with Gasteiger partial charge in [-0.3, -0.25) is 10.1 Å². The van der Waals surface area contributed by atoms with Crippen LogP contribution in [-0.4, -0.2) is 46.5 Å². The first-order valence-electron chi connectivity index (χ1n) is 6.56. The molecule has 0 unspecified atom stereocenters. The first-order valence-corrected chi connectivity index (χ1v) is 6.56. The summed E-state index contributed by atoms with van der Waals surface area (Å²) in [6, 6.07) is 6.18. The SMILES string of the molecule is C[C@H](NC[C@H]1NC[C@H](O)[C@@H]1O)c1ccc([N+](=O)[O-])cc1. The highest BCUT2D eigenvalue weighted by atomic mass is 16.6. The summed E-state index contributed by atoms with van der Waals surface area (Å²) >= 11 is 0. The lowest BCUT2D eigenvalue weighted by atomic mass is 10.1. The quantitative estimate of drug-likeness (QED) is 0.445. The summed E-state index contributed by atoms with van der Waals surface area (Å²) in [6.45, 7) is 2.84. The minimum Gasteiger partial charge on any atom is -0.389 e. The molecule has 0 amide bonds. The minimum atomic E-state index is -0.772. The molecule has 1 saturated heterocycles. The molecule has 1 aliphatic rings. The zero-order chi connectivity index (χ0) is 14.7. The molecule has 0 bridgehead atoms. The Morgan fingerprint density at radius 1 is 1.45 bits per heavy atom. The van der Waals surface area contributed by atoms with E-state index in [2.05, 4.69) is 10.6 Å². The molecule has 7 heteroatoms. The summed E-state index contributed by atoms with van der Waals surface area (Å²) < 4.78 is 0. The molecular weight excluding hydrogens is 262 g/mol. The van der Waals surface area contributed by atoms with E-state index in [1.54, 1.807) is 12.1 Å². The van der Waals surface area contributed by atoms with E-state index < -0.39 is 17.1 Å². The van der Waals surface area contributed by atoms with E-state index in [9.17, 15) is 20.3 Å². The molecule has 0 saturated carbocycles. The average Bonchev–Trinajstić information content (AvgIpc) is 2.76.